The van der Waals surface area contributed by atoms with E-state index in [4.69, 9.17) is 9.84 Å². The standard InChI is InChI=1S/C10H11IO2/c11-9-4-7-2-1-3-13-10(7)5-8(9)6-12/h4-5,12H,1-3,6H2. The van der Waals surface area contributed by atoms with E-state index in [9.17, 15) is 0 Å². The fourth-order valence-electron chi connectivity index (χ4n) is 1.53. The molecule has 2 rings (SSSR count). The molecular weight excluding hydrogens is 279 g/mol. The van der Waals surface area contributed by atoms with Gasteiger partial charge in [-0.3, -0.25) is 0 Å². The Bertz CT molecular complexity index is 323. The van der Waals surface area contributed by atoms with Gasteiger partial charge in [-0.05, 0) is 58.7 Å². The van der Waals surface area contributed by atoms with Crippen molar-refractivity contribution in [2.24, 2.45) is 0 Å². The van der Waals surface area contributed by atoms with Crippen molar-refractivity contribution in [2.75, 3.05) is 6.61 Å². The topological polar surface area (TPSA) is 29.5 Å². The van der Waals surface area contributed by atoms with Crippen LogP contribution in [-0.2, 0) is 13.0 Å². The molecule has 0 saturated carbocycles. The lowest BCUT2D eigenvalue weighted by Gasteiger charge is -2.18. The van der Waals surface area contributed by atoms with E-state index in [2.05, 4.69) is 28.7 Å². The van der Waals surface area contributed by atoms with Crippen LogP contribution >= 0.6 is 22.6 Å². The molecule has 1 aromatic carbocycles. The maximum atomic E-state index is 9.06. The van der Waals surface area contributed by atoms with Gasteiger partial charge in [-0.2, -0.15) is 0 Å². The van der Waals surface area contributed by atoms with Gasteiger partial charge in [0.05, 0.1) is 13.2 Å². The van der Waals surface area contributed by atoms with Gasteiger partial charge < -0.3 is 9.84 Å². The number of benzene rings is 1. The minimum absolute atomic E-state index is 0.0922. The highest BCUT2D eigenvalue weighted by Crippen LogP contribution is 2.29. The van der Waals surface area contributed by atoms with Crippen LogP contribution < -0.4 is 4.74 Å². The van der Waals surface area contributed by atoms with Crippen LogP contribution in [0.25, 0.3) is 0 Å². The summed E-state index contributed by atoms with van der Waals surface area (Å²) in [5, 5.41) is 9.06. The SMILES string of the molecule is OCc1cc2c(cc1I)CCCO2. The number of rotatable bonds is 1. The number of aryl methyl sites for hydroxylation is 1. The maximum Gasteiger partial charge on any atom is 0.122 e. The van der Waals surface area contributed by atoms with Crippen molar-refractivity contribution in [1.29, 1.82) is 0 Å². The largest absolute Gasteiger partial charge is 0.493 e. The summed E-state index contributed by atoms with van der Waals surface area (Å²) in [5.41, 5.74) is 2.23. The van der Waals surface area contributed by atoms with Gasteiger partial charge in [0.1, 0.15) is 5.75 Å². The molecule has 0 aromatic heterocycles. The Morgan fingerprint density at radius 1 is 1.46 bits per heavy atom. The van der Waals surface area contributed by atoms with Crippen molar-refractivity contribution in [3.05, 3.63) is 26.8 Å². The first kappa shape index (κ1) is 9.27. The predicted octanol–water partition coefficient (Wildman–Crippen LogP) is 2.11. The molecule has 1 aromatic rings. The lowest BCUT2D eigenvalue weighted by molar-refractivity contribution is 0.272. The molecule has 1 aliphatic heterocycles. The first-order valence-electron chi connectivity index (χ1n) is 4.36. The van der Waals surface area contributed by atoms with Crippen LogP contribution in [0.4, 0.5) is 0 Å². The van der Waals surface area contributed by atoms with Crippen LogP contribution in [0.15, 0.2) is 12.1 Å². The summed E-state index contributed by atoms with van der Waals surface area (Å²) < 4.78 is 6.64. The third kappa shape index (κ3) is 1.81. The van der Waals surface area contributed by atoms with Crippen LogP contribution in [0.3, 0.4) is 0 Å². The van der Waals surface area contributed by atoms with Gasteiger partial charge in [0, 0.05) is 3.57 Å². The summed E-state index contributed by atoms with van der Waals surface area (Å²) in [6.07, 6.45) is 2.19. The molecule has 0 fully saturated rings. The second-order valence-corrected chi connectivity index (χ2v) is 4.32. The molecule has 0 bridgehead atoms. The second kappa shape index (κ2) is 3.84. The van der Waals surface area contributed by atoms with Gasteiger partial charge in [0.15, 0.2) is 0 Å². The van der Waals surface area contributed by atoms with Crippen molar-refractivity contribution in [1.82, 2.24) is 0 Å². The van der Waals surface area contributed by atoms with Gasteiger partial charge in [-0.25, -0.2) is 0 Å². The van der Waals surface area contributed by atoms with Gasteiger partial charge in [0.25, 0.3) is 0 Å². The quantitative estimate of drug-likeness (QED) is 0.803. The van der Waals surface area contributed by atoms with Gasteiger partial charge >= 0.3 is 0 Å². The highest BCUT2D eigenvalue weighted by Gasteiger charge is 2.12. The Kier molecular flexibility index (Phi) is 2.74. The zero-order valence-electron chi connectivity index (χ0n) is 7.22. The van der Waals surface area contributed by atoms with E-state index < -0.39 is 0 Å². The molecule has 0 unspecified atom stereocenters. The Hall–Kier alpha value is -0.290. The van der Waals surface area contributed by atoms with E-state index in [0.29, 0.717) is 0 Å². The minimum atomic E-state index is 0.0922. The maximum absolute atomic E-state index is 9.06. The number of fused-ring (bicyclic) bond motifs is 1. The Labute approximate surface area is 91.1 Å². The highest BCUT2D eigenvalue weighted by atomic mass is 127. The average Bonchev–Trinajstić information content (AvgIpc) is 2.17. The van der Waals surface area contributed by atoms with Crippen molar-refractivity contribution in [2.45, 2.75) is 19.4 Å². The number of hydrogen-bond donors (Lipinski definition) is 1. The summed E-state index contributed by atoms with van der Waals surface area (Å²) in [6, 6.07) is 4.07. The molecule has 1 N–H and O–H groups in total. The number of ether oxygens (including phenoxy) is 1. The van der Waals surface area contributed by atoms with E-state index in [0.717, 1.165) is 34.3 Å². The summed E-state index contributed by atoms with van der Waals surface area (Å²) in [5.74, 6) is 0.954. The molecule has 2 nitrogen and oxygen atoms in total. The molecule has 1 heterocycles. The van der Waals surface area contributed by atoms with Gasteiger partial charge in [0.2, 0.25) is 0 Å². The number of aliphatic hydroxyl groups is 1. The molecular formula is C10H11IO2. The number of halogens is 1. The molecule has 13 heavy (non-hydrogen) atoms. The van der Waals surface area contributed by atoms with Crippen LogP contribution in [0.1, 0.15) is 17.5 Å². The first-order chi connectivity index (χ1) is 6.31. The third-order valence-corrected chi connectivity index (χ3v) is 3.25. The smallest absolute Gasteiger partial charge is 0.122 e. The van der Waals surface area contributed by atoms with Crippen LogP contribution in [-0.4, -0.2) is 11.7 Å². The Morgan fingerprint density at radius 3 is 3.08 bits per heavy atom. The minimum Gasteiger partial charge on any atom is -0.493 e. The zero-order valence-corrected chi connectivity index (χ0v) is 9.37. The average molecular weight is 290 g/mol. The predicted molar refractivity (Wildman–Crippen MR) is 58.9 cm³/mol. The third-order valence-electron chi connectivity index (χ3n) is 2.25. The lowest BCUT2D eigenvalue weighted by atomic mass is 10.0. The van der Waals surface area contributed by atoms with Crippen molar-refractivity contribution >= 4 is 22.6 Å². The Balaban J connectivity index is 2.44. The van der Waals surface area contributed by atoms with Crippen molar-refractivity contribution in [3.63, 3.8) is 0 Å². The molecule has 0 saturated heterocycles. The summed E-state index contributed by atoms with van der Waals surface area (Å²) in [7, 11) is 0. The molecule has 1 aliphatic rings. The molecule has 0 atom stereocenters. The Morgan fingerprint density at radius 2 is 2.31 bits per heavy atom. The number of aliphatic hydroxyl groups excluding tert-OH is 1. The van der Waals surface area contributed by atoms with E-state index in [-0.39, 0.29) is 6.61 Å². The molecule has 0 radical (unpaired) electrons. The highest BCUT2D eigenvalue weighted by molar-refractivity contribution is 14.1. The summed E-state index contributed by atoms with van der Waals surface area (Å²) >= 11 is 2.25. The molecule has 70 valence electrons. The normalized spacial score (nSPS) is 14.9. The molecule has 0 amide bonds. The van der Waals surface area contributed by atoms with E-state index in [1.54, 1.807) is 0 Å². The lowest BCUT2D eigenvalue weighted by Crippen LogP contribution is -2.09. The van der Waals surface area contributed by atoms with Gasteiger partial charge in [-0.1, -0.05) is 0 Å². The van der Waals surface area contributed by atoms with Crippen LogP contribution in [0.5, 0.6) is 5.75 Å². The monoisotopic (exact) mass is 290 g/mol. The molecule has 0 aliphatic carbocycles. The van der Waals surface area contributed by atoms with Gasteiger partial charge in [-0.15, -0.1) is 0 Å². The first-order valence-corrected chi connectivity index (χ1v) is 5.44. The van der Waals surface area contributed by atoms with Crippen LogP contribution in [0.2, 0.25) is 0 Å². The summed E-state index contributed by atoms with van der Waals surface area (Å²) in [6.45, 7) is 0.896. The van der Waals surface area contributed by atoms with Crippen molar-refractivity contribution < 1.29 is 9.84 Å². The summed E-state index contributed by atoms with van der Waals surface area (Å²) in [4.78, 5) is 0. The molecule has 3 heteroatoms. The van der Waals surface area contributed by atoms with E-state index in [1.165, 1.54) is 5.56 Å². The van der Waals surface area contributed by atoms with E-state index in [1.807, 2.05) is 6.07 Å². The fraction of sp³-hybridized carbons (Fsp3) is 0.400. The van der Waals surface area contributed by atoms with Crippen LogP contribution in [0, 0.1) is 3.57 Å². The zero-order chi connectivity index (χ0) is 9.26. The second-order valence-electron chi connectivity index (χ2n) is 3.16. The fourth-order valence-corrected chi connectivity index (χ4v) is 2.23. The molecule has 0 spiro atoms. The van der Waals surface area contributed by atoms with Crippen molar-refractivity contribution in [3.8, 4) is 5.75 Å². The number of hydrogen-bond acceptors (Lipinski definition) is 2. The van der Waals surface area contributed by atoms with E-state index >= 15 is 0 Å².